The lowest BCUT2D eigenvalue weighted by molar-refractivity contribution is -0.113. The van der Waals surface area contributed by atoms with Crippen LogP contribution >= 0.6 is 11.8 Å². The van der Waals surface area contributed by atoms with Crippen molar-refractivity contribution in [1.29, 1.82) is 0 Å². The summed E-state index contributed by atoms with van der Waals surface area (Å²) in [7, 11) is 1.56. The quantitative estimate of drug-likeness (QED) is 0.345. The number of methoxy groups -OCH3 is 1. The largest absolute Gasteiger partial charge is 0.495 e. The number of thioether (sulfide) groups is 1. The first-order chi connectivity index (χ1) is 17.1. The van der Waals surface area contributed by atoms with E-state index in [0.717, 1.165) is 6.42 Å². The van der Waals surface area contributed by atoms with Gasteiger partial charge in [0.2, 0.25) is 11.7 Å². The average Bonchev–Trinajstić information content (AvgIpc) is 3.32. The molecule has 0 saturated heterocycles. The summed E-state index contributed by atoms with van der Waals surface area (Å²) in [5.41, 5.74) is 3.00. The first-order valence-corrected chi connectivity index (χ1v) is 12.1. The van der Waals surface area contributed by atoms with Gasteiger partial charge in [-0.2, -0.15) is 0 Å². The molecule has 35 heavy (non-hydrogen) atoms. The fraction of sp³-hybridized carbons (Fsp3) is 0.154. The zero-order valence-corrected chi connectivity index (χ0v) is 20.1. The summed E-state index contributed by atoms with van der Waals surface area (Å²) in [6.45, 7) is 2.08. The van der Waals surface area contributed by atoms with Crippen molar-refractivity contribution < 1.29 is 9.53 Å². The molecule has 8 nitrogen and oxygen atoms in total. The number of amides is 1. The summed E-state index contributed by atoms with van der Waals surface area (Å²) in [6, 6.07) is 22.4. The van der Waals surface area contributed by atoms with Gasteiger partial charge in [-0.25, -0.2) is 4.57 Å². The van der Waals surface area contributed by atoms with Crippen LogP contribution < -0.4 is 15.6 Å². The van der Waals surface area contributed by atoms with Gasteiger partial charge in [0, 0.05) is 0 Å². The van der Waals surface area contributed by atoms with E-state index in [0.29, 0.717) is 39.0 Å². The number of benzene rings is 3. The van der Waals surface area contributed by atoms with Crippen molar-refractivity contribution in [3.63, 3.8) is 0 Å². The number of carbonyl (C=O) groups excluding carboxylic acids is 1. The highest BCUT2D eigenvalue weighted by atomic mass is 32.2. The molecule has 0 aliphatic carbocycles. The van der Waals surface area contributed by atoms with E-state index >= 15 is 0 Å². The van der Waals surface area contributed by atoms with Crippen LogP contribution in [0.4, 0.5) is 5.69 Å². The summed E-state index contributed by atoms with van der Waals surface area (Å²) in [6.07, 6.45) is 0.908. The molecular formula is C26H23N5O3S. The Balaban J connectivity index is 1.53. The number of nitrogens with one attached hydrogen (secondary N) is 1. The molecule has 176 valence electrons. The zero-order chi connectivity index (χ0) is 24.4. The van der Waals surface area contributed by atoms with Crippen molar-refractivity contribution in [2.24, 2.45) is 0 Å². The van der Waals surface area contributed by atoms with Crippen molar-refractivity contribution in [3.8, 4) is 11.4 Å². The highest BCUT2D eigenvalue weighted by molar-refractivity contribution is 7.99. The fourth-order valence-electron chi connectivity index (χ4n) is 3.95. The van der Waals surface area contributed by atoms with Crippen LogP contribution in [0.15, 0.2) is 82.7 Å². The predicted octanol–water partition coefficient (Wildman–Crippen LogP) is 4.34. The Kier molecular flexibility index (Phi) is 6.24. The smallest absolute Gasteiger partial charge is 0.267 e. The molecule has 2 aromatic heterocycles. The SMILES string of the molecule is CCc1ccc(-n2c(=O)c3ccccc3n3c(SCC(=O)Nc4ccccc4OC)nnc23)cc1. The summed E-state index contributed by atoms with van der Waals surface area (Å²) < 4.78 is 8.69. The first-order valence-electron chi connectivity index (χ1n) is 11.1. The van der Waals surface area contributed by atoms with Crippen LogP contribution in [0.3, 0.4) is 0 Å². The molecule has 9 heteroatoms. The van der Waals surface area contributed by atoms with Crippen molar-refractivity contribution in [2.45, 2.75) is 18.5 Å². The van der Waals surface area contributed by atoms with Gasteiger partial charge < -0.3 is 10.1 Å². The lowest BCUT2D eigenvalue weighted by Crippen LogP contribution is -2.22. The van der Waals surface area contributed by atoms with E-state index < -0.39 is 0 Å². The van der Waals surface area contributed by atoms with Gasteiger partial charge >= 0.3 is 0 Å². The van der Waals surface area contributed by atoms with Gasteiger partial charge in [0.25, 0.3) is 5.56 Å². The van der Waals surface area contributed by atoms with Crippen LogP contribution in [0, 0.1) is 0 Å². The van der Waals surface area contributed by atoms with Crippen molar-refractivity contribution in [1.82, 2.24) is 19.2 Å². The molecule has 1 N–H and O–H groups in total. The summed E-state index contributed by atoms with van der Waals surface area (Å²) in [5, 5.41) is 12.6. The van der Waals surface area contributed by atoms with Gasteiger partial charge in [0.15, 0.2) is 5.16 Å². The Hall–Kier alpha value is -4.11. The molecule has 0 spiro atoms. The molecule has 0 atom stereocenters. The number of carbonyl (C=O) groups is 1. The topological polar surface area (TPSA) is 90.5 Å². The Labute approximate surface area is 205 Å². The molecule has 0 aliphatic rings. The number of hydrogen-bond donors (Lipinski definition) is 1. The number of anilines is 1. The summed E-state index contributed by atoms with van der Waals surface area (Å²) in [4.78, 5) is 26.1. The Morgan fingerprint density at radius 3 is 2.51 bits per heavy atom. The highest BCUT2D eigenvalue weighted by Gasteiger charge is 2.19. The number of para-hydroxylation sites is 3. The van der Waals surface area contributed by atoms with Crippen molar-refractivity contribution >= 4 is 40.0 Å². The molecule has 0 unspecified atom stereocenters. The lowest BCUT2D eigenvalue weighted by Gasteiger charge is -2.12. The monoisotopic (exact) mass is 485 g/mol. The second-order valence-electron chi connectivity index (χ2n) is 7.83. The second-order valence-corrected chi connectivity index (χ2v) is 8.78. The molecule has 5 rings (SSSR count). The van der Waals surface area contributed by atoms with Gasteiger partial charge in [-0.1, -0.05) is 55.1 Å². The van der Waals surface area contributed by atoms with Crippen molar-refractivity contribution in [2.75, 3.05) is 18.2 Å². The van der Waals surface area contributed by atoms with Gasteiger partial charge in [-0.3, -0.25) is 14.0 Å². The van der Waals surface area contributed by atoms with Crippen LogP contribution in [-0.4, -0.2) is 37.9 Å². The minimum atomic E-state index is -0.205. The molecule has 0 radical (unpaired) electrons. The third-order valence-electron chi connectivity index (χ3n) is 5.71. The fourth-order valence-corrected chi connectivity index (χ4v) is 4.69. The maximum Gasteiger partial charge on any atom is 0.267 e. The normalized spacial score (nSPS) is 11.1. The number of nitrogens with zero attached hydrogens (tertiary/aromatic N) is 4. The van der Waals surface area contributed by atoms with Crippen LogP contribution in [0.25, 0.3) is 22.4 Å². The minimum absolute atomic E-state index is 0.109. The molecular weight excluding hydrogens is 462 g/mol. The van der Waals surface area contributed by atoms with E-state index in [1.165, 1.54) is 17.3 Å². The molecule has 0 aliphatic heterocycles. The third kappa shape index (κ3) is 4.26. The van der Waals surface area contributed by atoms with Crippen LogP contribution in [-0.2, 0) is 11.2 Å². The van der Waals surface area contributed by atoms with Gasteiger partial charge in [-0.05, 0) is 48.4 Å². The predicted molar refractivity (Wildman–Crippen MR) is 138 cm³/mol. The van der Waals surface area contributed by atoms with Crippen LogP contribution in [0.2, 0.25) is 0 Å². The van der Waals surface area contributed by atoms with Gasteiger partial charge in [0.05, 0.1) is 35.1 Å². The minimum Gasteiger partial charge on any atom is -0.495 e. The van der Waals surface area contributed by atoms with E-state index in [9.17, 15) is 9.59 Å². The number of aryl methyl sites for hydroxylation is 1. The summed E-state index contributed by atoms with van der Waals surface area (Å²) in [5.74, 6) is 0.884. The van der Waals surface area contributed by atoms with Crippen LogP contribution in [0.1, 0.15) is 12.5 Å². The average molecular weight is 486 g/mol. The standard InChI is InChI=1S/C26H23N5O3S/c1-3-17-12-14-18(15-13-17)30-24(33)19-8-4-6-10-21(19)31-25(30)28-29-26(31)35-16-23(32)27-20-9-5-7-11-22(20)34-2/h4-15H,3,16H2,1-2H3,(H,27,32). The number of hydrogen-bond acceptors (Lipinski definition) is 6. The maximum atomic E-state index is 13.4. The van der Waals surface area contributed by atoms with E-state index in [2.05, 4.69) is 22.4 Å². The number of ether oxygens (including phenoxy) is 1. The van der Waals surface area contributed by atoms with Gasteiger partial charge in [0.1, 0.15) is 5.75 Å². The Morgan fingerprint density at radius 2 is 1.74 bits per heavy atom. The first kappa shape index (κ1) is 22.7. The van der Waals surface area contributed by atoms with Crippen LogP contribution in [0.5, 0.6) is 5.75 Å². The molecule has 2 heterocycles. The Morgan fingerprint density at radius 1 is 1.00 bits per heavy atom. The maximum absolute atomic E-state index is 13.4. The highest BCUT2D eigenvalue weighted by Crippen LogP contribution is 2.26. The van der Waals surface area contributed by atoms with E-state index in [1.807, 2.05) is 59.0 Å². The van der Waals surface area contributed by atoms with E-state index in [-0.39, 0.29) is 17.2 Å². The molecule has 0 saturated carbocycles. The number of aromatic nitrogens is 4. The summed E-state index contributed by atoms with van der Waals surface area (Å²) >= 11 is 1.25. The molecule has 0 fully saturated rings. The zero-order valence-electron chi connectivity index (χ0n) is 19.3. The molecule has 3 aromatic carbocycles. The van der Waals surface area contributed by atoms with E-state index in [4.69, 9.17) is 4.74 Å². The third-order valence-corrected chi connectivity index (χ3v) is 6.64. The second kappa shape index (κ2) is 9.63. The van der Waals surface area contributed by atoms with Gasteiger partial charge in [-0.15, -0.1) is 10.2 Å². The Bertz CT molecular complexity index is 1590. The number of rotatable bonds is 7. The molecule has 1 amide bonds. The molecule has 5 aromatic rings. The van der Waals surface area contributed by atoms with E-state index in [1.54, 1.807) is 29.9 Å². The van der Waals surface area contributed by atoms with Crippen molar-refractivity contribution in [3.05, 3.63) is 88.7 Å². The number of fused-ring (bicyclic) bond motifs is 3. The lowest BCUT2D eigenvalue weighted by atomic mass is 10.1. The molecule has 0 bridgehead atoms.